The zero-order valence-corrected chi connectivity index (χ0v) is 12.7. The standard InChI is InChI=1S/C16H19N3O3/c1-12(19-8-7-17-11-19)9-15(20)18-10-13-3-5-14(6-4-13)16(21)22-2/h3-8,11-12H,9-10H2,1-2H3,(H,18,20)/t12-/m1/s1. The topological polar surface area (TPSA) is 73.2 Å². The predicted molar refractivity (Wildman–Crippen MR) is 81.2 cm³/mol. The fourth-order valence-electron chi connectivity index (χ4n) is 2.05. The summed E-state index contributed by atoms with van der Waals surface area (Å²) in [6, 6.07) is 7.02. The van der Waals surface area contributed by atoms with Crippen LogP contribution in [0, 0.1) is 0 Å². The molecule has 0 saturated heterocycles. The fraction of sp³-hybridized carbons (Fsp3) is 0.312. The molecule has 0 aliphatic heterocycles. The molecule has 2 aromatic rings. The summed E-state index contributed by atoms with van der Waals surface area (Å²) in [5.41, 5.74) is 1.42. The molecule has 1 aromatic heterocycles. The van der Waals surface area contributed by atoms with E-state index in [1.807, 2.05) is 17.7 Å². The molecule has 2 rings (SSSR count). The lowest BCUT2D eigenvalue weighted by Crippen LogP contribution is -2.25. The first kappa shape index (κ1) is 15.8. The van der Waals surface area contributed by atoms with Crippen LogP contribution in [0.1, 0.15) is 35.3 Å². The summed E-state index contributed by atoms with van der Waals surface area (Å²) in [6.45, 7) is 2.39. The number of aromatic nitrogens is 2. The molecule has 22 heavy (non-hydrogen) atoms. The number of carbonyl (C=O) groups excluding carboxylic acids is 2. The molecule has 1 aromatic carbocycles. The van der Waals surface area contributed by atoms with Crippen molar-refractivity contribution in [2.24, 2.45) is 0 Å². The number of nitrogens with one attached hydrogen (secondary N) is 1. The van der Waals surface area contributed by atoms with Gasteiger partial charge in [-0.3, -0.25) is 4.79 Å². The van der Waals surface area contributed by atoms with Gasteiger partial charge in [-0.05, 0) is 24.6 Å². The molecule has 1 N–H and O–H groups in total. The number of esters is 1. The van der Waals surface area contributed by atoms with Crippen LogP contribution in [0.3, 0.4) is 0 Å². The van der Waals surface area contributed by atoms with Crippen LogP contribution in [-0.4, -0.2) is 28.5 Å². The van der Waals surface area contributed by atoms with Crippen molar-refractivity contribution in [1.29, 1.82) is 0 Å². The number of carbonyl (C=O) groups is 2. The third kappa shape index (κ3) is 4.18. The van der Waals surface area contributed by atoms with Crippen molar-refractivity contribution in [3.63, 3.8) is 0 Å². The Morgan fingerprint density at radius 3 is 2.64 bits per heavy atom. The minimum Gasteiger partial charge on any atom is -0.465 e. The first-order valence-corrected chi connectivity index (χ1v) is 7.01. The van der Waals surface area contributed by atoms with E-state index < -0.39 is 0 Å². The van der Waals surface area contributed by atoms with E-state index in [-0.39, 0.29) is 17.9 Å². The Kier molecular flexibility index (Phi) is 5.30. The molecule has 6 nitrogen and oxygen atoms in total. The van der Waals surface area contributed by atoms with Crippen LogP contribution >= 0.6 is 0 Å². The van der Waals surface area contributed by atoms with Crippen molar-refractivity contribution in [1.82, 2.24) is 14.9 Å². The summed E-state index contributed by atoms with van der Waals surface area (Å²) < 4.78 is 6.53. The minimum absolute atomic E-state index is 0.0294. The zero-order valence-electron chi connectivity index (χ0n) is 12.7. The van der Waals surface area contributed by atoms with E-state index in [4.69, 9.17) is 0 Å². The second-order valence-electron chi connectivity index (χ2n) is 5.03. The van der Waals surface area contributed by atoms with Gasteiger partial charge in [-0.15, -0.1) is 0 Å². The number of hydrogen-bond acceptors (Lipinski definition) is 4. The Labute approximate surface area is 129 Å². The maximum absolute atomic E-state index is 11.9. The van der Waals surface area contributed by atoms with Crippen LogP contribution in [0.4, 0.5) is 0 Å². The lowest BCUT2D eigenvalue weighted by atomic mass is 10.1. The zero-order chi connectivity index (χ0) is 15.9. The molecular formula is C16H19N3O3. The highest BCUT2D eigenvalue weighted by Crippen LogP contribution is 2.10. The summed E-state index contributed by atoms with van der Waals surface area (Å²) in [4.78, 5) is 27.2. The molecule has 0 aliphatic carbocycles. The van der Waals surface area contributed by atoms with Crippen molar-refractivity contribution in [2.75, 3.05) is 7.11 Å². The second kappa shape index (κ2) is 7.40. The molecule has 1 atom stereocenters. The molecule has 1 heterocycles. The van der Waals surface area contributed by atoms with Gasteiger partial charge in [0.25, 0.3) is 0 Å². The van der Waals surface area contributed by atoms with Crippen LogP contribution in [0.25, 0.3) is 0 Å². The maximum Gasteiger partial charge on any atom is 0.337 e. The molecule has 0 unspecified atom stereocenters. The van der Waals surface area contributed by atoms with Crippen molar-refractivity contribution < 1.29 is 14.3 Å². The van der Waals surface area contributed by atoms with Crippen LogP contribution in [0.5, 0.6) is 0 Å². The highest BCUT2D eigenvalue weighted by Gasteiger charge is 2.10. The van der Waals surface area contributed by atoms with Gasteiger partial charge >= 0.3 is 5.97 Å². The second-order valence-corrected chi connectivity index (χ2v) is 5.03. The van der Waals surface area contributed by atoms with Gasteiger partial charge in [-0.25, -0.2) is 9.78 Å². The van der Waals surface area contributed by atoms with Gasteiger partial charge in [-0.2, -0.15) is 0 Å². The van der Waals surface area contributed by atoms with Gasteiger partial charge in [0.15, 0.2) is 0 Å². The lowest BCUT2D eigenvalue weighted by Gasteiger charge is -2.13. The van der Waals surface area contributed by atoms with Crippen molar-refractivity contribution in [3.8, 4) is 0 Å². The quantitative estimate of drug-likeness (QED) is 0.828. The number of benzene rings is 1. The maximum atomic E-state index is 11.9. The number of nitrogens with zero attached hydrogens (tertiary/aromatic N) is 2. The molecule has 0 bridgehead atoms. The van der Waals surface area contributed by atoms with E-state index in [2.05, 4.69) is 15.0 Å². The van der Waals surface area contributed by atoms with Crippen molar-refractivity contribution >= 4 is 11.9 Å². The summed E-state index contributed by atoms with van der Waals surface area (Å²) in [5, 5.41) is 2.87. The monoisotopic (exact) mass is 301 g/mol. The molecule has 6 heteroatoms. The van der Waals surface area contributed by atoms with Gasteiger partial charge in [0.05, 0.1) is 19.0 Å². The lowest BCUT2D eigenvalue weighted by molar-refractivity contribution is -0.121. The van der Waals surface area contributed by atoms with E-state index in [1.54, 1.807) is 36.8 Å². The highest BCUT2D eigenvalue weighted by molar-refractivity contribution is 5.89. The average molecular weight is 301 g/mol. The van der Waals surface area contributed by atoms with Gasteiger partial charge in [0, 0.05) is 31.4 Å². The highest BCUT2D eigenvalue weighted by atomic mass is 16.5. The first-order chi connectivity index (χ1) is 10.6. The van der Waals surface area contributed by atoms with Gasteiger partial charge < -0.3 is 14.6 Å². The SMILES string of the molecule is COC(=O)c1ccc(CNC(=O)C[C@@H](C)n2ccnc2)cc1. The van der Waals surface area contributed by atoms with Crippen LogP contribution in [0.15, 0.2) is 43.0 Å². The molecule has 0 saturated carbocycles. The molecule has 0 fully saturated rings. The van der Waals surface area contributed by atoms with Crippen LogP contribution < -0.4 is 5.32 Å². The summed E-state index contributed by atoms with van der Waals surface area (Å²) in [5.74, 6) is -0.400. The molecule has 116 valence electrons. The van der Waals surface area contributed by atoms with Crippen molar-refractivity contribution in [3.05, 3.63) is 54.1 Å². The summed E-state index contributed by atoms with van der Waals surface area (Å²) in [6.07, 6.45) is 5.61. The Morgan fingerprint density at radius 2 is 2.05 bits per heavy atom. The average Bonchev–Trinajstić information content (AvgIpc) is 3.07. The van der Waals surface area contributed by atoms with Crippen LogP contribution in [0.2, 0.25) is 0 Å². The molecule has 0 radical (unpaired) electrons. The predicted octanol–water partition coefficient (Wildman–Crippen LogP) is 1.94. The van der Waals surface area contributed by atoms with E-state index in [0.29, 0.717) is 18.5 Å². The number of imidazole rings is 1. The number of amides is 1. The number of ether oxygens (including phenoxy) is 1. The molecular weight excluding hydrogens is 282 g/mol. The number of rotatable bonds is 6. The van der Waals surface area contributed by atoms with E-state index in [1.165, 1.54) is 7.11 Å². The summed E-state index contributed by atoms with van der Waals surface area (Å²) in [7, 11) is 1.35. The Balaban J connectivity index is 1.82. The third-order valence-electron chi connectivity index (χ3n) is 3.38. The molecule has 1 amide bonds. The van der Waals surface area contributed by atoms with E-state index >= 15 is 0 Å². The normalized spacial score (nSPS) is 11.7. The number of hydrogen-bond donors (Lipinski definition) is 1. The fourth-order valence-corrected chi connectivity index (χ4v) is 2.05. The van der Waals surface area contributed by atoms with Crippen molar-refractivity contribution in [2.45, 2.75) is 25.9 Å². The largest absolute Gasteiger partial charge is 0.465 e. The Morgan fingerprint density at radius 1 is 1.32 bits per heavy atom. The first-order valence-electron chi connectivity index (χ1n) is 7.01. The van der Waals surface area contributed by atoms with E-state index in [0.717, 1.165) is 5.56 Å². The Hall–Kier alpha value is -2.63. The smallest absolute Gasteiger partial charge is 0.337 e. The van der Waals surface area contributed by atoms with E-state index in [9.17, 15) is 9.59 Å². The third-order valence-corrected chi connectivity index (χ3v) is 3.38. The van der Waals surface area contributed by atoms with Gasteiger partial charge in [0.1, 0.15) is 0 Å². The minimum atomic E-state index is -0.371. The van der Waals surface area contributed by atoms with Gasteiger partial charge in [0.2, 0.25) is 5.91 Å². The Bertz CT molecular complexity index is 621. The van der Waals surface area contributed by atoms with Crippen LogP contribution in [-0.2, 0) is 16.1 Å². The molecule has 0 spiro atoms. The van der Waals surface area contributed by atoms with Gasteiger partial charge in [-0.1, -0.05) is 12.1 Å². The summed E-state index contributed by atoms with van der Waals surface area (Å²) >= 11 is 0. The molecule has 0 aliphatic rings. The number of methoxy groups -OCH3 is 1.